The van der Waals surface area contributed by atoms with Crippen molar-refractivity contribution in [1.82, 2.24) is 9.97 Å². The monoisotopic (exact) mass is 379 g/mol. The van der Waals surface area contributed by atoms with E-state index < -0.39 is 29.9 Å². The number of ether oxygens (including phenoxy) is 1. The summed E-state index contributed by atoms with van der Waals surface area (Å²) in [5, 5.41) is 0. The Morgan fingerprint density at radius 2 is 2.04 bits per heavy atom. The van der Waals surface area contributed by atoms with Crippen molar-refractivity contribution >= 4 is 16.7 Å². The molecule has 1 aliphatic rings. The van der Waals surface area contributed by atoms with Crippen LogP contribution < -0.4 is 9.64 Å². The first kappa shape index (κ1) is 17.6. The number of halogens is 4. The quantitative estimate of drug-likeness (QED) is 0.646. The SMILES string of the molecule is CC(F)(F)COc1ccc([C@@H]2CCN2c2ccc3nc[nH]c3c2)c(F)c1F. The molecule has 3 aromatic rings. The number of anilines is 1. The molecule has 1 atom stereocenters. The van der Waals surface area contributed by atoms with Crippen LogP contribution in [-0.2, 0) is 0 Å². The third-order valence-corrected chi connectivity index (χ3v) is 4.67. The van der Waals surface area contributed by atoms with Crippen LogP contribution in [0.1, 0.15) is 24.9 Å². The van der Waals surface area contributed by atoms with E-state index in [9.17, 15) is 17.6 Å². The number of H-pyrrole nitrogens is 1. The van der Waals surface area contributed by atoms with Gasteiger partial charge < -0.3 is 14.6 Å². The topological polar surface area (TPSA) is 41.1 Å². The Bertz CT molecular complexity index is 983. The number of hydrogen-bond donors (Lipinski definition) is 1. The van der Waals surface area contributed by atoms with Gasteiger partial charge in [0.05, 0.1) is 23.4 Å². The maximum Gasteiger partial charge on any atom is 0.278 e. The zero-order valence-electron chi connectivity index (χ0n) is 14.5. The molecule has 0 amide bonds. The molecule has 2 aromatic carbocycles. The fraction of sp³-hybridized carbons (Fsp3) is 0.316. The molecule has 4 rings (SSSR count). The summed E-state index contributed by atoms with van der Waals surface area (Å²) in [5.74, 6) is -5.95. The lowest BCUT2D eigenvalue weighted by Crippen LogP contribution is -2.41. The first-order valence-corrected chi connectivity index (χ1v) is 8.52. The second-order valence-electron chi connectivity index (χ2n) is 6.74. The largest absolute Gasteiger partial charge is 0.484 e. The smallest absolute Gasteiger partial charge is 0.278 e. The van der Waals surface area contributed by atoms with Crippen molar-refractivity contribution in [2.24, 2.45) is 0 Å². The van der Waals surface area contributed by atoms with Gasteiger partial charge in [-0.2, -0.15) is 4.39 Å². The first-order valence-electron chi connectivity index (χ1n) is 8.52. The van der Waals surface area contributed by atoms with Gasteiger partial charge in [-0.25, -0.2) is 18.2 Å². The lowest BCUT2D eigenvalue weighted by molar-refractivity contribution is -0.0241. The second kappa shape index (κ2) is 6.44. The minimum absolute atomic E-state index is 0.180. The molecule has 0 spiro atoms. The maximum atomic E-state index is 14.6. The number of fused-ring (bicyclic) bond motifs is 1. The van der Waals surface area contributed by atoms with E-state index in [1.165, 1.54) is 12.1 Å². The molecular formula is C19H17F4N3O. The number of nitrogens with one attached hydrogen (secondary N) is 1. The van der Waals surface area contributed by atoms with Crippen LogP contribution >= 0.6 is 0 Å². The van der Waals surface area contributed by atoms with Crippen LogP contribution in [0.4, 0.5) is 23.2 Å². The van der Waals surface area contributed by atoms with Crippen LogP contribution in [0.25, 0.3) is 11.0 Å². The highest BCUT2D eigenvalue weighted by atomic mass is 19.3. The highest BCUT2D eigenvalue weighted by Crippen LogP contribution is 2.40. The molecule has 1 N–H and O–H groups in total. The van der Waals surface area contributed by atoms with Crippen LogP contribution in [0, 0.1) is 11.6 Å². The number of rotatable bonds is 5. The minimum Gasteiger partial charge on any atom is -0.484 e. The molecule has 1 fully saturated rings. The third kappa shape index (κ3) is 3.31. The van der Waals surface area contributed by atoms with Gasteiger partial charge in [0, 0.05) is 24.7 Å². The van der Waals surface area contributed by atoms with Crippen molar-refractivity contribution in [3.63, 3.8) is 0 Å². The van der Waals surface area contributed by atoms with Gasteiger partial charge in [-0.3, -0.25) is 0 Å². The van der Waals surface area contributed by atoms with Gasteiger partial charge in [0.2, 0.25) is 5.82 Å². The van der Waals surface area contributed by atoms with Gasteiger partial charge in [0.1, 0.15) is 0 Å². The Balaban J connectivity index is 1.58. The molecule has 1 aliphatic heterocycles. The fourth-order valence-corrected chi connectivity index (χ4v) is 3.24. The van der Waals surface area contributed by atoms with Gasteiger partial charge in [-0.1, -0.05) is 6.07 Å². The molecule has 142 valence electrons. The van der Waals surface area contributed by atoms with Crippen molar-refractivity contribution in [1.29, 1.82) is 0 Å². The number of benzene rings is 2. The molecule has 0 saturated carbocycles. The molecule has 4 nitrogen and oxygen atoms in total. The van der Waals surface area contributed by atoms with Gasteiger partial charge in [-0.05, 0) is 30.7 Å². The Kier molecular flexibility index (Phi) is 4.20. The van der Waals surface area contributed by atoms with Crippen LogP contribution in [0.3, 0.4) is 0 Å². The van der Waals surface area contributed by atoms with Gasteiger partial charge >= 0.3 is 0 Å². The van der Waals surface area contributed by atoms with E-state index in [0.717, 1.165) is 16.7 Å². The Hall–Kier alpha value is -2.77. The summed E-state index contributed by atoms with van der Waals surface area (Å²) < 4.78 is 59.3. The lowest BCUT2D eigenvalue weighted by Gasteiger charge is -2.43. The number of alkyl halides is 2. The maximum absolute atomic E-state index is 14.6. The molecule has 2 heterocycles. The van der Waals surface area contributed by atoms with E-state index in [4.69, 9.17) is 4.74 Å². The Labute approximate surface area is 152 Å². The second-order valence-corrected chi connectivity index (χ2v) is 6.74. The predicted octanol–water partition coefficient (Wildman–Crippen LogP) is 4.83. The minimum atomic E-state index is -3.13. The number of aromatic amines is 1. The highest BCUT2D eigenvalue weighted by molar-refractivity contribution is 5.79. The molecule has 1 saturated heterocycles. The van der Waals surface area contributed by atoms with Gasteiger partial charge in [-0.15, -0.1) is 0 Å². The zero-order valence-corrected chi connectivity index (χ0v) is 14.5. The summed E-state index contributed by atoms with van der Waals surface area (Å²) >= 11 is 0. The number of imidazole rings is 1. The number of aromatic nitrogens is 2. The van der Waals surface area contributed by atoms with Gasteiger partial charge in [0.15, 0.2) is 18.2 Å². The standard InChI is InChI=1S/C19H17F4N3O/c1-19(22,23)9-27-16-5-3-12(17(20)18(16)21)15-6-7-26(15)11-2-4-13-14(8-11)25-10-24-13/h2-5,8,10,15H,6-7,9H2,1H3,(H,24,25)/t15-/m0/s1. The molecular weight excluding hydrogens is 362 g/mol. The first-order chi connectivity index (χ1) is 12.8. The Morgan fingerprint density at radius 1 is 1.22 bits per heavy atom. The molecule has 0 unspecified atom stereocenters. The van der Waals surface area contributed by atoms with Crippen LogP contribution in [0.5, 0.6) is 5.75 Å². The van der Waals surface area contributed by atoms with Crippen LogP contribution in [-0.4, -0.2) is 29.0 Å². The van der Waals surface area contributed by atoms with Crippen LogP contribution in [0.15, 0.2) is 36.7 Å². The normalized spacial score (nSPS) is 17.2. The fourth-order valence-electron chi connectivity index (χ4n) is 3.24. The predicted molar refractivity (Wildman–Crippen MR) is 93.3 cm³/mol. The number of nitrogens with zero attached hydrogens (tertiary/aromatic N) is 2. The van der Waals surface area contributed by atoms with E-state index >= 15 is 0 Å². The highest BCUT2D eigenvalue weighted by Gasteiger charge is 2.34. The lowest BCUT2D eigenvalue weighted by atomic mass is 9.93. The van der Waals surface area contributed by atoms with Crippen molar-refractivity contribution in [2.75, 3.05) is 18.1 Å². The average Bonchev–Trinajstić information content (AvgIpc) is 3.04. The van der Waals surface area contributed by atoms with Crippen molar-refractivity contribution in [3.05, 3.63) is 53.9 Å². The van der Waals surface area contributed by atoms with Crippen molar-refractivity contribution < 1.29 is 22.3 Å². The third-order valence-electron chi connectivity index (χ3n) is 4.67. The van der Waals surface area contributed by atoms with E-state index in [-0.39, 0.29) is 11.6 Å². The van der Waals surface area contributed by atoms with Crippen molar-refractivity contribution in [2.45, 2.75) is 25.3 Å². The molecule has 0 aliphatic carbocycles. The summed E-state index contributed by atoms with van der Waals surface area (Å²) in [6.45, 7) is 0.340. The van der Waals surface area contributed by atoms with E-state index in [2.05, 4.69) is 9.97 Å². The average molecular weight is 379 g/mol. The summed E-state index contributed by atoms with van der Waals surface area (Å²) in [7, 11) is 0. The summed E-state index contributed by atoms with van der Waals surface area (Å²) in [6, 6.07) is 7.91. The van der Waals surface area contributed by atoms with E-state index in [0.29, 0.717) is 19.9 Å². The summed E-state index contributed by atoms with van der Waals surface area (Å²) in [4.78, 5) is 9.14. The molecule has 27 heavy (non-hydrogen) atoms. The molecule has 0 radical (unpaired) electrons. The summed E-state index contributed by atoms with van der Waals surface area (Å²) in [5.41, 5.74) is 2.73. The zero-order chi connectivity index (χ0) is 19.2. The molecule has 8 heteroatoms. The van der Waals surface area contributed by atoms with Crippen LogP contribution in [0.2, 0.25) is 0 Å². The Morgan fingerprint density at radius 3 is 2.74 bits per heavy atom. The molecule has 1 aromatic heterocycles. The number of hydrogen-bond acceptors (Lipinski definition) is 3. The summed E-state index contributed by atoms with van der Waals surface area (Å²) in [6.07, 6.45) is 2.25. The van der Waals surface area contributed by atoms with Gasteiger partial charge in [0.25, 0.3) is 5.92 Å². The molecule has 0 bridgehead atoms. The van der Waals surface area contributed by atoms with E-state index in [1.807, 2.05) is 23.1 Å². The van der Waals surface area contributed by atoms with Crippen molar-refractivity contribution in [3.8, 4) is 5.75 Å². The van der Waals surface area contributed by atoms with E-state index in [1.54, 1.807) is 6.33 Å².